The highest BCUT2D eigenvalue weighted by molar-refractivity contribution is 6.07. The van der Waals surface area contributed by atoms with Crippen LogP contribution in [0.25, 0.3) is 6.08 Å². The fourth-order valence-electron chi connectivity index (χ4n) is 4.28. The van der Waals surface area contributed by atoms with E-state index in [0.717, 1.165) is 49.7 Å². The van der Waals surface area contributed by atoms with Gasteiger partial charge in [0.25, 0.3) is 0 Å². The maximum Gasteiger partial charge on any atom is 0.185 e. The van der Waals surface area contributed by atoms with Gasteiger partial charge in [-0.25, -0.2) is 0 Å². The highest BCUT2D eigenvalue weighted by atomic mass is 16.5. The molecule has 2 aromatic rings. The normalized spacial score (nSPS) is 17.6. The van der Waals surface area contributed by atoms with E-state index < -0.39 is 0 Å². The molecule has 1 N–H and O–H groups in total. The molecule has 2 fully saturated rings. The van der Waals surface area contributed by atoms with Gasteiger partial charge in [-0.3, -0.25) is 4.79 Å². The lowest BCUT2D eigenvalue weighted by atomic mass is 10.0. The van der Waals surface area contributed by atoms with Crippen LogP contribution in [0.2, 0.25) is 0 Å². The van der Waals surface area contributed by atoms with Crippen molar-refractivity contribution in [3.63, 3.8) is 0 Å². The summed E-state index contributed by atoms with van der Waals surface area (Å²) in [6, 6.07) is 14.1. The van der Waals surface area contributed by atoms with Gasteiger partial charge in [0, 0.05) is 42.7 Å². The van der Waals surface area contributed by atoms with Crippen LogP contribution >= 0.6 is 0 Å². The average molecular weight is 408 g/mol. The fraction of sp³-hybridized carbons (Fsp3) is 0.400. The third kappa shape index (κ3) is 5.10. The lowest BCUT2D eigenvalue weighted by Crippen LogP contribution is -3.08. The molecule has 5 heteroatoms. The van der Waals surface area contributed by atoms with Crippen LogP contribution in [0.5, 0.6) is 5.75 Å². The van der Waals surface area contributed by atoms with Crippen molar-refractivity contribution in [3.05, 3.63) is 65.2 Å². The smallest absolute Gasteiger partial charge is 0.185 e. The Hall–Kier alpha value is -2.63. The Morgan fingerprint density at radius 3 is 2.53 bits per heavy atom. The number of likely N-dealkylation sites (tertiary alicyclic amines) is 1. The monoisotopic (exact) mass is 407 g/mol. The van der Waals surface area contributed by atoms with Gasteiger partial charge in [-0.05, 0) is 42.0 Å². The van der Waals surface area contributed by atoms with Gasteiger partial charge in [0.05, 0.1) is 33.4 Å². The highest BCUT2D eigenvalue weighted by Gasteiger charge is 2.19. The van der Waals surface area contributed by atoms with E-state index >= 15 is 0 Å². The van der Waals surface area contributed by atoms with Crippen LogP contribution in [-0.2, 0) is 11.3 Å². The first-order valence-corrected chi connectivity index (χ1v) is 10.9. The molecule has 2 saturated heterocycles. The van der Waals surface area contributed by atoms with Gasteiger partial charge < -0.3 is 19.3 Å². The van der Waals surface area contributed by atoms with Gasteiger partial charge in [0.2, 0.25) is 0 Å². The van der Waals surface area contributed by atoms with Crippen LogP contribution in [0.1, 0.15) is 34.3 Å². The van der Waals surface area contributed by atoms with Gasteiger partial charge in [0.15, 0.2) is 5.78 Å². The molecule has 0 amide bonds. The van der Waals surface area contributed by atoms with Crippen molar-refractivity contribution < 1.29 is 19.2 Å². The molecule has 5 nitrogen and oxygen atoms in total. The summed E-state index contributed by atoms with van der Waals surface area (Å²) in [4.78, 5) is 16.7. The number of hydrogen-bond donors (Lipinski definition) is 1. The number of ether oxygens (including phenoxy) is 2. The van der Waals surface area contributed by atoms with E-state index in [4.69, 9.17) is 9.47 Å². The SMILES string of the molecule is COc1ccc(C(=O)/C=C/c2ccc(N3CCOCC3)cc2)cc1C[NH+]1CCCC1. The zero-order chi connectivity index (χ0) is 20.8. The summed E-state index contributed by atoms with van der Waals surface area (Å²) in [5, 5.41) is 0. The van der Waals surface area contributed by atoms with Crippen molar-refractivity contribution in [3.8, 4) is 5.75 Å². The van der Waals surface area contributed by atoms with Crippen LogP contribution < -0.4 is 14.5 Å². The van der Waals surface area contributed by atoms with E-state index in [2.05, 4.69) is 29.2 Å². The highest BCUT2D eigenvalue weighted by Crippen LogP contribution is 2.21. The first-order valence-electron chi connectivity index (χ1n) is 10.9. The Kier molecular flexibility index (Phi) is 6.82. The average Bonchev–Trinajstić information content (AvgIpc) is 3.31. The van der Waals surface area contributed by atoms with Crippen LogP contribution in [-0.4, -0.2) is 52.3 Å². The Labute approximate surface area is 178 Å². The Balaban J connectivity index is 1.43. The van der Waals surface area contributed by atoms with Crippen molar-refractivity contribution in [2.45, 2.75) is 19.4 Å². The summed E-state index contributed by atoms with van der Waals surface area (Å²) < 4.78 is 10.9. The number of nitrogens with zero attached hydrogens (tertiary/aromatic N) is 1. The molecule has 158 valence electrons. The Morgan fingerprint density at radius 2 is 1.83 bits per heavy atom. The molecule has 0 atom stereocenters. The number of carbonyl (C=O) groups excluding carboxylic acids is 1. The minimum Gasteiger partial charge on any atom is -0.496 e. The number of rotatable bonds is 7. The van der Waals surface area contributed by atoms with Crippen LogP contribution in [0.3, 0.4) is 0 Å². The molecule has 0 saturated carbocycles. The maximum absolute atomic E-state index is 12.8. The lowest BCUT2D eigenvalue weighted by Gasteiger charge is -2.28. The van der Waals surface area contributed by atoms with E-state index in [0.29, 0.717) is 5.56 Å². The minimum absolute atomic E-state index is 0.0209. The van der Waals surface area contributed by atoms with E-state index in [1.54, 1.807) is 18.1 Å². The van der Waals surface area contributed by atoms with Crippen molar-refractivity contribution in [1.82, 2.24) is 0 Å². The number of ketones is 1. The molecule has 30 heavy (non-hydrogen) atoms. The predicted octanol–water partition coefficient (Wildman–Crippen LogP) is 2.61. The number of methoxy groups -OCH3 is 1. The molecular formula is C25H31N2O3+. The molecule has 0 bridgehead atoms. The molecule has 0 spiro atoms. The van der Waals surface area contributed by atoms with Gasteiger partial charge in [-0.1, -0.05) is 18.2 Å². The molecule has 0 unspecified atom stereocenters. The van der Waals surface area contributed by atoms with E-state index in [9.17, 15) is 4.79 Å². The molecule has 0 aromatic heterocycles. The van der Waals surface area contributed by atoms with Gasteiger partial charge in [-0.15, -0.1) is 0 Å². The number of nitrogens with one attached hydrogen (secondary N) is 1. The quantitative estimate of drug-likeness (QED) is 0.566. The Bertz CT molecular complexity index is 880. The predicted molar refractivity (Wildman–Crippen MR) is 119 cm³/mol. The van der Waals surface area contributed by atoms with Crippen molar-refractivity contribution in [2.75, 3.05) is 51.4 Å². The molecule has 0 aliphatic carbocycles. The summed E-state index contributed by atoms with van der Waals surface area (Å²) in [5.41, 5.74) is 4.05. The van der Waals surface area contributed by atoms with E-state index in [1.165, 1.54) is 31.6 Å². The third-order valence-electron chi connectivity index (χ3n) is 6.01. The number of benzene rings is 2. The molecule has 2 heterocycles. The third-order valence-corrected chi connectivity index (χ3v) is 6.01. The molecule has 4 rings (SSSR count). The van der Waals surface area contributed by atoms with Gasteiger partial charge in [-0.2, -0.15) is 0 Å². The minimum atomic E-state index is 0.0209. The van der Waals surface area contributed by atoms with Crippen LogP contribution in [0.15, 0.2) is 48.5 Å². The van der Waals surface area contributed by atoms with Gasteiger partial charge in [0.1, 0.15) is 12.3 Å². The first kappa shape index (κ1) is 20.6. The van der Waals surface area contributed by atoms with Gasteiger partial charge >= 0.3 is 0 Å². The lowest BCUT2D eigenvalue weighted by molar-refractivity contribution is -0.901. The molecule has 2 aliphatic rings. The summed E-state index contributed by atoms with van der Waals surface area (Å²) in [6.07, 6.45) is 6.12. The number of anilines is 1. The zero-order valence-electron chi connectivity index (χ0n) is 17.7. The summed E-state index contributed by atoms with van der Waals surface area (Å²) in [6.45, 7) is 6.71. The number of quaternary nitrogens is 1. The summed E-state index contributed by atoms with van der Waals surface area (Å²) in [7, 11) is 1.69. The first-order chi connectivity index (χ1) is 14.7. The summed E-state index contributed by atoms with van der Waals surface area (Å²) >= 11 is 0. The molecular weight excluding hydrogens is 376 g/mol. The number of morpholine rings is 1. The topological polar surface area (TPSA) is 43.2 Å². The second kappa shape index (κ2) is 9.92. The second-order valence-electron chi connectivity index (χ2n) is 8.05. The number of allylic oxidation sites excluding steroid dienone is 1. The largest absolute Gasteiger partial charge is 0.496 e. The molecule has 2 aromatic carbocycles. The Morgan fingerprint density at radius 1 is 1.10 bits per heavy atom. The van der Waals surface area contributed by atoms with Crippen LogP contribution in [0, 0.1) is 0 Å². The van der Waals surface area contributed by atoms with E-state index in [1.807, 2.05) is 24.3 Å². The summed E-state index contributed by atoms with van der Waals surface area (Å²) in [5.74, 6) is 0.890. The fourth-order valence-corrected chi connectivity index (χ4v) is 4.28. The second-order valence-corrected chi connectivity index (χ2v) is 8.05. The van der Waals surface area contributed by atoms with E-state index in [-0.39, 0.29) is 5.78 Å². The maximum atomic E-state index is 12.8. The van der Waals surface area contributed by atoms with Crippen molar-refractivity contribution >= 4 is 17.5 Å². The standard InChI is InChI=1S/C25H30N2O3/c1-29-25-11-7-21(18-22(25)19-26-12-2-3-13-26)24(28)10-6-20-4-8-23(9-5-20)27-14-16-30-17-15-27/h4-11,18H,2-3,12-17,19H2,1H3/p+1/b10-6+. The van der Waals surface area contributed by atoms with Crippen molar-refractivity contribution in [2.24, 2.45) is 0 Å². The van der Waals surface area contributed by atoms with Crippen LogP contribution in [0.4, 0.5) is 5.69 Å². The number of carbonyl (C=O) groups is 1. The molecule has 0 radical (unpaired) electrons. The van der Waals surface area contributed by atoms with Crippen molar-refractivity contribution in [1.29, 1.82) is 0 Å². The number of hydrogen-bond acceptors (Lipinski definition) is 4. The molecule has 2 aliphatic heterocycles. The zero-order valence-corrected chi connectivity index (χ0v) is 17.7.